The van der Waals surface area contributed by atoms with Crippen molar-refractivity contribution in [1.82, 2.24) is 20.4 Å². The van der Waals surface area contributed by atoms with E-state index in [9.17, 15) is 29.4 Å². The van der Waals surface area contributed by atoms with E-state index in [4.69, 9.17) is 9.47 Å². The van der Waals surface area contributed by atoms with Gasteiger partial charge in [0.25, 0.3) is 0 Å². The zero-order valence-corrected chi connectivity index (χ0v) is 49.6. The van der Waals surface area contributed by atoms with Gasteiger partial charge in [0.1, 0.15) is 11.6 Å². The second kappa shape index (κ2) is 20.7. The predicted octanol–water partition coefficient (Wildman–Crippen LogP) is 9.39. The van der Waals surface area contributed by atoms with Gasteiger partial charge in [-0.25, -0.2) is 0 Å². The summed E-state index contributed by atoms with van der Waals surface area (Å²) in [6, 6.07) is 0.521. The van der Waals surface area contributed by atoms with Gasteiger partial charge in [0.15, 0.2) is 0 Å². The topological polar surface area (TPSA) is 158 Å². The van der Waals surface area contributed by atoms with Gasteiger partial charge < -0.3 is 40.1 Å². The Morgan fingerprint density at radius 2 is 1.19 bits per heavy atom. The molecule has 21 atom stereocenters. The van der Waals surface area contributed by atoms with Gasteiger partial charge in [-0.15, -0.1) is 0 Å². The Kier molecular flexibility index (Phi) is 16.7. The van der Waals surface area contributed by atoms with E-state index in [2.05, 4.69) is 110 Å². The van der Waals surface area contributed by atoms with Crippen LogP contribution in [0.3, 0.4) is 0 Å². The number of nitrogens with zero attached hydrogens (tertiary/aromatic N) is 2. The summed E-state index contributed by atoms with van der Waals surface area (Å²) >= 11 is 0. The molecule has 9 rings (SSSR count). The number of rotatable bonds is 12. The Balaban J connectivity index is 0.000000216. The molecule has 9 aliphatic rings. The van der Waals surface area contributed by atoms with Crippen LogP contribution in [0.4, 0.5) is 0 Å². The number of carbonyl (C=O) groups excluding carboxylic acids is 4. The number of aliphatic hydroxyl groups is 2. The average Bonchev–Trinajstić information content (AvgIpc) is 3.95. The molecule has 428 valence electrons. The fraction of sp³-hybridized carbons (Fsp3) is 0.905. The van der Waals surface area contributed by atoms with Gasteiger partial charge in [-0.1, -0.05) is 88.3 Å². The number of Topliss-reactive ketones (excluding diaryl/α,β-unsaturated/α-hetero) is 2. The van der Waals surface area contributed by atoms with Crippen LogP contribution in [0.2, 0.25) is 0 Å². The Hall–Kier alpha value is -2.22. The maximum absolute atomic E-state index is 14.5. The van der Waals surface area contributed by atoms with Crippen molar-refractivity contribution in [2.75, 3.05) is 55.6 Å². The largest absolute Gasteiger partial charge is 0.393 e. The minimum Gasteiger partial charge on any atom is -0.393 e. The van der Waals surface area contributed by atoms with E-state index in [1.807, 2.05) is 27.7 Å². The standard InChI is InChI=1S/2C31H52N2O4.CH4/c1-18(2)26(36)32-23-12-13-30-16-31(30)22(11-10-21(30)27(23,4)17-37-9)28(5)14-20(34)25(19(3)33(7)8)29(28,6)15-24(31)35;1-18(2)28(36)32-26-13-10-20-14-21-23(12-11-22(20)29(26,4)17-37-9)30(5)16-25(35)27(19(3)33(7)8)31(30,6)15-24(21)34;/h18-23,25,34H,10-17H2,1-9H3,(H,32,36);10,18-19,21-23,25-27,35H,11-17H2,1-9H3,(H,32,36);1H4/t19?,20-,21?,22?,23+,25+,27+,28+,29-,30?,31+;19?,21-,22?,23?,25-,26+,27+,29+,30+,31-;/m11./s1. The van der Waals surface area contributed by atoms with Crippen LogP contribution in [0, 0.1) is 96.6 Å². The number of aliphatic hydroxyl groups excluding tert-OH is 2. The number of ether oxygens (including phenoxy) is 2. The number of carbonyl (C=O) groups is 4. The Morgan fingerprint density at radius 1 is 0.680 bits per heavy atom. The van der Waals surface area contributed by atoms with Crippen LogP contribution in [0.15, 0.2) is 11.6 Å². The molecule has 75 heavy (non-hydrogen) atoms. The summed E-state index contributed by atoms with van der Waals surface area (Å²) in [4.78, 5) is 58.3. The SMILES string of the molecule is C.COC[C@@]1(C)C2CCC3[C@@H](CC2=CC[C@@H]1NC(=O)C(C)C)C(=O)C[C@]1(C)[C@@H](C(C)N(C)C)[C@H](O)C[C@@]31C.COC[C@@]1(C)C2CCC3[C@]4(C)C[C@@H](O)[C@H](C(C)N(C)C)[C@@]4(C)CC(=O)[C@]34CC24CC[C@@H]1NC(=O)C(C)C. The Morgan fingerprint density at radius 3 is 1.72 bits per heavy atom. The highest BCUT2D eigenvalue weighted by Gasteiger charge is 2.86. The first-order valence-corrected chi connectivity index (χ1v) is 29.4. The monoisotopic (exact) mass is 1050 g/mol. The van der Waals surface area contributed by atoms with Crippen LogP contribution >= 0.6 is 0 Å². The lowest BCUT2D eigenvalue weighted by Gasteiger charge is -2.63. The molecular weight excluding hydrogens is 941 g/mol. The first kappa shape index (κ1) is 60.4. The van der Waals surface area contributed by atoms with Crippen molar-refractivity contribution in [3.05, 3.63) is 11.6 Å². The fourth-order valence-electron chi connectivity index (χ4n) is 20.7. The maximum Gasteiger partial charge on any atom is 0.222 e. The lowest BCUT2D eigenvalue weighted by atomic mass is 9.41. The van der Waals surface area contributed by atoms with Gasteiger partial charge in [0.05, 0.1) is 25.4 Å². The molecule has 2 amide bonds. The van der Waals surface area contributed by atoms with E-state index in [0.29, 0.717) is 49.5 Å². The first-order valence-electron chi connectivity index (χ1n) is 29.4. The first-order chi connectivity index (χ1) is 34.4. The number of ketones is 2. The second-order valence-electron chi connectivity index (χ2n) is 29.3. The quantitative estimate of drug-likeness (QED) is 0.139. The molecule has 0 saturated heterocycles. The second-order valence-corrected chi connectivity index (χ2v) is 29.3. The van der Waals surface area contributed by atoms with Gasteiger partial charge in [0, 0.05) is 97.1 Å². The number of hydrogen-bond acceptors (Lipinski definition) is 10. The van der Waals surface area contributed by atoms with Gasteiger partial charge in [-0.05, 0) is 163 Å². The zero-order valence-electron chi connectivity index (χ0n) is 49.6. The van der Waals surface area contributed by atoms with Crippen molar-refractivity contribution >= 4 is 23.4 Å². The average molecular weight is 1050 g/mol. The Bertz CT molecular complexity index is 2200. The fourth-order valence-corrected chi connectivity index (χ4v) is 20.7. The van der Waals surface area contributed by atoms with E-state index in [1.165, 1.54) is 5.57 Å². The van der Waals surface area contributed by atoms with Crippen molar-refractivity contribution < 1.29 is 38.9 Å². The number of allylic oxidation sites excluding steroid dienone is 1. The number of methoxy groups -OCH3 is 2. The van der Waals surface area contributed by atoms with E-state index in [1.54, 1.807) is 14.2 Å². The summed E-state index contributed by atoms with van der Waals surface area (Å²) < 4.78 is 11.6. The number of hydrogen-bond donors (Lipinski definition) is 4. The highest BCUT2D eigenvalue weighted by Crippen LogP contribution is 2.88. The molecule has 0 radical (unpaired) electrons. The molecule has 0 aromatic carbocycles. The molecule has 12 nitrogen and oxygen atoms in total. The van der Waals surface area contributed by atoms with Gasteiger partial charge in [-0.3, -0.25) is 19.2 Å². The smallest absolute Gasteiger partial charge is 0.222 e. The molecule has 0 bridgehead atoms. The highest BCUT2D eigenvalue weighted by molar-refractivity contribution is 5.92. The summed E-state index contributed by atoms with van der Waals surface area (Å²) in [6.07, 6.45) is 12.9. The van der Waals surface area contributed by atoms with Crippen LogP contribution in [-0.4, -0.2) is 135 Å². The van der Waals surface area contributed by atoms with Crippen LogP contribution in [0.25, 0.3) is 0 Å². The molecule has 0 aliphatic heterocycles. The van der Waals surface area contributed by atoms with Crippen LogP contribution in [0.1, 0.15) is 174 Å². The van der Waals surface area contributed by atoms with Crippen molar-refractivity contribution in [2.45, 2.75) is 210 Å². The third-order valence-corrected chi connectivity index (χ3v) is 25.2. The summed E-state index contributed by atoms with van der Waals surface area (Å²) in [5.74, 6) is 2.37. The van der Waals surface area contributed by atoms with Gasteiger partial charge in [-0.2, -0.15) is 0 Å². The normalized spacial score (nSPS) is 47.3. The minimum atomic E-state index is -0.391. The van der Waals surface area contributed by atoms with Gasteiger partial charge in [0.2, 0.25) is 11.8 Å². The molecule has 12 heteroatoms. The lowest BCUT2D eigenvalue weighted by Crippen LogP contribution is -2.64. The third kappa shape index (κ3) is 8.76. The molecule has 2 spiro atoms. The van der Waals surface area contributed by atoms with E-state index < -0.39 is 6.10 Å². The molecule has 8 fully saturated rings. The highest BCUT2D eigenvalue weighted by atomic mass is 16.5. The van der Waals surface area contributed by atoms with E-state index in [0.717, 1.165) is 70.6 Å². The van der Waals surface area contributed by atoms with Crippen molar-refractivity contribution in [2.24, 2.45) is 96.6 Å². The molecule has 9 aliphatic carbocycles. The summed E-state index contributed by atoms with van der Waals surface area (Å²) in [6.45, 7) is 27.4. The molecule has 7 unspecified atom stereocenters. The summed E-state index contributed by atoms with van der Waals surface area (Å²) in [5, 5.41) is 29.7. The molecular formula is C63H108N4O8. The zero-order chi connectivity index (χ0) is 54.8. The molecule has 8 saturated carbocycles. The molecule has 0 aromatic rings. The summed E-state index contributed by atoms with van der Waals surface area (Å²) in [7, 11) is 11.9. The maximum atomic E-state index is 14.5. The van der Waals surface area contributed by atoms with Crippen LogP contribution in [0.5, 0.6) is 0 Å². The Labute approximate surface area is 455 Å². The van der Waals surface area contributed by atoms with Crippen molar-refractivity contribution in [1.29, 1.82) is 0 Å². The van der Waals surface area contributed by atoms with Crippen molar-refractivity contribution in [3.8, 4) is 0 Å². The predicted molar refractivity (Wildman–Crippen MR) is 298 cm³/mol. The van der Waals surface area contributed by atoms with Crippen LogP contribution in [-0.2, 0) is 28.7 Å². The number of fused-ring (bicyclic) bond motifs is 6. The summed E-state index contributed by atoms with van der Waals surface area (Å²) in [5.41, 5.74) is 0.175. The molecule has 0 heterocycles. The minimum absolute atomic E-state index is 0. The van der Waals surface area contributed by atoms with Crippen molar-refractivity contribution in [3.63, 3.8) is 0 Å². The third-order valence-electron chi connectivity index (χ3n) is 25.2. The lowest BCUT2D eigenvalue weighted by molar-refractivity contribution is -0.174. The number of nitrogens with one attached hydrogen (secondary N) is 2. The van der Waals surface area contributed by atoms with E-state index >= 15 is 0 Å². The molecule has 0 aromatic heterocycles. The molecule has 4 N–H and O–H groups in total. The van der Waals surface area contributed by atoms with Gasteiger partial charge >= 0.3 is 0 Å². The number of amides is 2. The van der Waals surface area contributed by atoms with E-state index in [-0.39, 0.29) is 134 Å². The van der Waals surface area contributed by atoms with Crippen LogP contribution < -0.4 is 10.6 Å².